The molecule has 108 valence electrons. The molecule has 0 amide bonds. The van der Waals surface area contributed by atoms with E-state index in [9.17, 15) is 13.6 Å². The van der Waals surface area contributed by atoms with Crippen molar-refractivity contribution in [1.29, 1.82) is 0 Å². The molecule has 1 heterocycles. The van der Waals surface area contributed by atoms with Gasteiger partial charge < -0.3 is 9.72 Å². The second-order valence-corrected chi connectivity index (χ2v) is 4.50. The molecule has 4 nitrogen and oxygen atoms in total. The van der Waals surface area contributed by atoms with Gasteiger partial charge in [0.2, 0.25) is 0 Å². The zero-order chi connectivity index (χ0) is 14.7. The van der Waals surface area contributed by atoms with Crippen LogP contribution in [-0.4, -0.2) is 22.5 Å². The van der Waals surface area contributed by atoms with Crippen molar-refractivity contribution < 1.29 is 18.3 Å². The van der Waals surface area contributed by atoms with Crippen molar-refractivity contribution in [3.63, 3.8) is 0 Å². The van der Waals surface area contributed by atoms with Gasteiger partial charge in [0.1, 0.15) is 11.7 Å². The third-order valence-electron chi connectivity index (χ3n) is 3.02. The molecule has 0 radical (unpaired) electrons. The first-order valence-electron chi connectivity index (χ1n) is 6.58. The molecular weight excluding hydrogens is 266 g/mol. The number of esters is 1. The number of carbonyl (C=O) groups is 1. The Morgan fingerprint density at radius 1 is 1.35 bits per heavy atom. The van der Waals surface area contributed by atoms with Crippen LogP contribution in [0.1, 0.15) is 38.4 Å². The van der Waals surface area contributed by atoms with Gasteiger partial charge in [-0.2, -0.15) is 0 Å². The maximum absolute atomic E-state index is 13.2. The van der Waals surface area contributed by atoms with Gasteiger partial charge in [0, 0.05) is 12.1 Å². The smallest absolute Gasteiger partial charge is 0.316 e. The zero-order valence-electron chi connectivity index (χ0n) is 11.4. The van der Waals surface area contributed by atoms with Crippen molar-refractivity contribution in [1.82, 2.24) is 9.97 Å². The number of ether oxygens (including phenoxy) is 1. The number of benzene rings is 1. The lowest BCUT2D eigenvalue weighted by molar-refractivity contribution is -0.145. The molecule has 0 bridgehead atoms. The fraction of sp³-hybridized carbons (Fsp3) is 0.429. The summed E-state index contributed by atoms with van der Waals surface area (Å²) >= 11 is 0. The Hall–Kier alpha value is -1.98. The highest BCUT2D eigenvalue weighted by Crippen LogP contribution is 2.24. The summed E-state index contributed by atoms with van der Waals surface area (Å²) in [6.45, 7) is 3.95. The molecule has 20 heavy (non-hydrogen) atoms. The normalized spacial score (nSPS) is 12.6. The Bertz CT molecular complexity index is 586. The van der Waals surface area contributed by atoms with Crippen molar-refractivity contribution in [2.45, 2.75) is 32.6 Å². The van der Waals surface area contributed by atoms with E-state index in [1.807, 2.05) is 6.92 Å². The van der Waals surface area contributed by atoms with Crippen molar-refractivity contribution in [2.24, 2.45) is 0 Å². The quantitative estimate of drug-likeness (QED) is 0.856. The van der Waals surface area contributed by atoms with Crippen LogP contribution in [0.25, 0.3) is 11.0 Å². The van der Waals surface area contributed by atoms with E-state index in [4.69, 9.17) is 4.74 Å². The monoisotopic (exact) mass is 282 g/mol. The first-order chi connectivity index (χ1) is 9.56. The summed E-state index contributed by atoms with van der Waals surface area (Å²) in [4.78, 5) is 19.0. The highest BCUT2D eigenvalue weighted by atomic mass is 19.2. The van der Waals surface area contributed by atoms with Gasteiger partial charge in [-0.25, -0.2) is 13.8 Å². The number of nitrogens with one attached hydrogen (secondary N) is 1. The van der Waals surface area contributed by atoms with Gasteiger partial charge in [0.25, 0.3) is 0 Å². The van der Waals surface area contributed by atoms with Crippen molar-refractivity contribution in [3.8, 4) is 0 Å². The molecule has 1 aromatic heterocycles. The fourth-order valence-electron chi connectivity index (χ4n) is 2.09. The Balaban J connectivity index is 2.40. The van der Waals surface area contributed by atoms with Gasteiger partial charge in [-0.15, -0.1) is 0 Å². The van der Waals surface area contributed by atoms with Crippen LogP contribution in [0.5, 0.6) is 0 Å². The van der Waals surface area contributed by atoms with Gasteiger partial charge in [-0.3, -0.25) is 4.79 Å². The highest BCUT2D eigenvalue weighted by Gasteiger charge is 2.24. The number of hydrogen-bond donors (Lipinski definition) is 1. The van der Waals surface area contributed by atoms with Gasteiger partial charge in [0.05, 0.1) is 17.6 Å². The lowest BCUT2D eigenvalue weighted by atomic mass is 10.0. The van der Waals surface area contributed by atoms with Crippen LogP contribution in [0.2, 0.25) is 0 Å². The molecule has 0 saturated heterocycles. The first-order valence-corrected chi connectivity index (χ1v) is 6.58. The number of imidazole rings is 1. The Morgan fingerprint density at radius 3 is 2.70 bits per heavy atom. The molecule has 1 N–H and O–H groups in total. The molecule has 1 unspecified atom stereocenters. The summed E-state index contributed by atoms with van der Waals surface area (Å²) in [5.41, 5.74) is 0.661. The Kier molecular flexibility index (Phi) is 4.32. The molecule has 0 saturated carbocycles. The lowest BCUT2D eigenvalue weighted by Gasteiger charge is -2.11. The maximum atomic E-state index is 13.2. The van der Waals surface area contributed by atoms with E-state index in [1.165, 1.54) is 0 Å². The molecule has 0 aliphatic heterocycles. The lowest BCUT2D eigenvalue weighted by Crippen LogP contribution is -2.17. The molecule has 1 aromatic carbocycles. The number of nitrogens with zero attached hydrogens (tertiary/aromatic N) is 1. The molecule has 2 aromatic rings. The van der Waals surface area contributed by atoms with E-state index in [0.717, 1.165) is 18.6 Å². The molecule has 0 fully saturated rings. The number of fused-ring (bicyclic) bond motifs is 1. The summed E-state index contributed by atoms with van der Waals surface area (Å²) in [6, 6.07) is 2.05. The minimum absolute atomic E-state index is 0.280. The number of aromatic amines is 1. The molecule has 1 atom stereocenters. The predicted molar refractivity (Wildman–Crippen MR) is 70.3 cm³/mol. The van der Waals surface area contributed by atoms with E-state index < -0.39 is 17.6 Å². The van der Waals surface area contributed by atoms with E-state index in [1.54, 1.807) is 6.92 Å². The van der Waals surface area contributed by atoms with E-state index in [2.05, 4.69) is 9.97 Å². The van der Waals surface area contributed by atoms with Crippen LogP contribution in [0.3, 0.4) is 0 Å². The number of halogens is 2. The van der Waals surface area contributed by atoms with Gasteiger partial charge in [-0.1, -0.05) is 13.3 Å². The molecule has 0 aliphatic rings. The van der Waals surface area contributed by atoms with E-state index in [-0.39, 0.29) is 12.6 Å². The van der Waals surface area contributed by atoms with Crippen LogP contribution in [-0.2, 0) is 9.53 Å². The minimum Gasteiger partial charge on any atom is -0.465 e. The molecule has 0 spiro atoms. The molecule has 0 aliphatic carbocycles. The molecule has 2 rings (SSSR count). The minimum atomic E-state index is -0.960. The van der Waals surface area contributed by atoms with Crippen LogP contribution >= 0.6 is 0 Å². The number of H-pyrrole nitrogens is 1. The highest BCUT2D eigenvalue weighted by molar-refractivity contribution is 5.80. The summed E-state index contributed by atoms with van der Waals surface area (Å²) in [7, 11) is 0. The van der Waals surface area contributed by atoms with Crippen LogP contribution in [0.15, 0.2) is 12.1 Å². The number of rotatable bonds is 5. The third kappa shape index (κ3) is 2.79. The number of aromatic nitrogens is 2. The number of carbonyl (C=O) groups excluding carboxylic acids is 1. The van der Waals surface area contributed by atoms with Gasteiger partial charge >= 0.3 is 5.97 Å². The van der Waals surface area contributed by atoms with Crippen LogP contribution in [0, 0.1) is 11.6 Å². The predicted octanol–water partition coefficient (Wildman–Crippen LogP) is 3.29. The Labute approximate surface area is 115 Å². The van der Waals surface area contributed by atoms with Crippen molar-refractivity contribution in [3.05, 3.63) is 29.6 Å². The average Bonchev–Trinajstić information content (AvgIpc) is 2.79. The summed E-state index contributed by atoms with van der Waals surface area (Å²) in [6.07, 6.45) is 1.33. The van der Waals surface area contributed by atoms with E-state index >= 15 is 0 Å². The summed E-state index contributed by atoms with van der Waals surface area (Å²) in [5, 5.41) is 0. The third-order valence-corrected chi connectivity index (χ3v) is 3.02. The van der Waals surface area contributed by atoms with Crippen LogP contribution in [0.4, 0.5) is 8.78 Å². The first kappa shape index (κ1) is 14.4. The zero-order valence-corrected chi connectivity index (χ0v) is 11.4. The summed E-state index contributed by atoms with van der Waals surface area (Å²) in [5.74, 6) is -2.45. The second kappa shape index (κ2) is 5.98. The van der Waals surface area contributed by atoms with Gasteiger partial charge in [0.15, 0.2) is 11.6 Å². The molecular formula is C14H16F2N2O2. The standard InChI is InChI=1S/C14H16F2N2O2/c1-3-5-8(14(19)20-4-2)13-17-11-6-9(15)10(16)7-12(11)18-13/h6-8H,3-5H2,1-2H3,(H,17,18). The number of hydrogen-bond acceptors (Lipinski definition) is 3. The molecule has 6 heteroatoms. The van der Waals surface area contributed by atoms with Crippen LogP contribution < -0.4 is 0 Å². The second-order valence-electron chi connectivity index (χ2n) is 4.50. The summed E-state index contributed by atoms with van der Waals surface area (Å²) < 4.78 is 31.3. The fourth-order valence-corrected chi connectivity index (χ4v) is 2.09. The SMILES string of the molecule is CCCC(C(=O)OCC)c1nc2cc(F)c(F)cc2[nH]1. The topological polar surface area (TPSA) is 55.0 Å². The van der Waals surface area contributed by atoms with Crippen molar-refractivity contribution in [2.75, 3.05) is 6.61 Å². The average molecular weight is 282 g/mol. The van der Waals surface area contributed by atoms with Crippen molar-refractivity contribution >= 4 is 17.0 Å². The maximum Gasteiger partial charge on any atom is 0.316 e. The van der Waals surface area contributed by atoms with Gasteiger partial charge in [-0.05, 0) is 13.3 Å². The largest absolute Gasteiger partial charge is 0.465 e. The Morgan fingerprint density at radius 2 is 2.05 bits per heavy atom. The van der Waals surface area contributed by atoms with E-state index in [0.29, 0.717) is 23.3 Å².